The highest BCUT2D eigenvalue weighted by atomic mass is 16.3. The third-order valence-electron chi connectivity index (χ3n) is 7.47. The summed E-state index contributed by atoms with van der Waals surface area (Å²) in [7, 11) is 0. The van der Waals surface area contributed by atoms with Gasteiger partial charge < -0.3 is 15.7 Å². The molecule has 0 saturated heterocycles. The Hall–Kier alpha value is -3.56. The minimum atomic E-state index is -0.882. The summed E-state index contributed by atoms with van der Waals surface area (Å²) >= 11 is 0. The van der Waals surface area contributed by atoms with Crippen LogP contribution in [0.1, 0.15) is 55.0 Å². The number of rotatable bonds is 5. The minimum Gasteiger partial charge on any atom is -0.384 e. The lowest BCUT2D eigenvalue weighted by Gasteiger charge is -2.36. The molecule has 0 atom stereocenters. The van der Waals surface area contributed by atoms with Gasteiger partial charge in [0.2, 0.25) is 5.95 Å². The zero-order chi connectivity index (χ0) is 23.6. The molecule has 2 fully saturated rings. The fraction of sp³-hybridized carbons (Fsp3) is 0.385. The van der Waals surface area contributed by atoms with Crippen LogP contribution >= 0.6 is 0 Å². The number of aromatic nitrogens is 5. The minimum absolute atomic E-state index is 0.107. The first kappa shape index (κ1) is 20.8. The van der Waals surface area contributed by atoms with E-state index in [1.54, 1.807) is 10.9 Å². The molecule has 3 aromatic heterocycles. The van der Waals surface area contributed by atoms with Crippen molar-refractivity contribution in [1.29, 1.82) is 0 Å². The summed E-state index contributed by atoms with van der Waals surface area (Å²) in [5.41, 5.74) is 3.74. The fourth-order valence-corrected chi connectivity index (χ4v) is 5.18. The highest BCUT2D eigenvalue weighted by Crippen LogP contribution is 2.40. The monoisotopic (exact) mass is 469 g/mol. The third kappa shape index (κ3) is 3.45. The van der Waals surface area contributed by atoms with Gasteiger partial charge in [0, 0.05) is 18.4 Å². The maximum absolute atomic E-state index is 13.3. The van der Waals surface area contributed by atoms with Crippen molar-refractivity contribution in [3.8, 4) is 5.82 Å². The fourth-order valence-electron chi connectivity index (χ4n) is 5.18. The van der Waals surface area contributed by atoms with Gasteiger partial charge in [-0.3, -0.25) is 4.79 Å². The van der Waals surface area contributed by atoms with Crippen LogP contribution in [-0.4, -0.2) is 36.0 Å². The standard InChI is InChI=1S/C26H27N7O2/c34-24-20-15-28-25(29-18-6-5-17-14-27-12-9-16(17)13-18)31-23(20)33(32(24)19-7-8-19)22-4-1-3-21(30-22)26(35)10-2-11-26/h1,3-6,13,15,19,27,35H,2,7-12,14H2,(H,28,29,31). The van der Waals surface area contributed by atoms with Crippen molar-refractivity contribution >= 4 is 22.7 Å². The topological polar surface area (TPSA) is 110 Å². The summed E-state index contributed by atoms with van der Waals surface area (Å²) in [6, 6.07) is 12.1. The molecular weight excluding hydrogens is 442 g/mol. The molecule has 1 aromatic carbocycles. The number of hydrogen-bond acceptors (Lipinski definition) is 7. The van der Waals surface area contributed by atoms with Crippen LogP contribution in [-0.2, 0) is 18.6 Å². The van der Waals surface area contributed by atoms with Gasteiger partial charge in [-0.15, -0.1) is 0 Å². The van der Waals surface area contributed by atoms with Crippen molar-refractivity contribution in [1.82, 2.24) is 29.6 Å². The van der Waals surface area contributed by atoms with E-state index in [0.717, 1.165) is 44.5 Å². The summed E-state index contributed by atoms with van der Waals surface area (Å²) in [5, 5.41) is 18.1. The number of hydrogen-bond donors (Lipinski definition) is 3. The molecule has 1 aliphatic heterocycles. The predicted molar refractivity (Wildman–Crippen MR) is 132 cm³/mol. The van der Waals surface area contributed by atoms with Crippen molar-refractivity contribution in [3.63, 3.8) is 0 Å². The lowest BCUT2D eigenvalue weighted by atomic mass is 9.77. The molecule has 9 nitrogen and oxygen atoms in total. The van der Waals surface area contributed by atoms with E-state index < -0.39 is 5.60 Å². The van der Waals surface area contributed by atoms with Crippen LogP contribution in [0.3, 0.4) is 0 Å². The number of aliphatic hydroxyl groups is 1. The van der Waals surface area contributed by atoms with Crippen LogP contribution in [0.4, 0.5) is 11.6 Å². The van der Waals surface area contributed by atoms with Crippen molar-refractivity contribution in [2.45, 2.75) is 56.7 Å². The molecule has 178 valence electrons. The molecule has 0 spiro atoms. The molecule has 0 amide bonds. The number of benzene rings is 1. The maximum atomic E-state index is 13.3. The summed E-state index contributed by atoms with van der Waals surface area (Å²) < 4.78 is 3.57. The quantitative estimate of drug-likeness (QED) is 0.412. The molecule has 35 heavy (non-hydrogen) atoms. The summed E-state index contributed by atoms with van der Waals surface area (Å²) in [4.78, 5) is 27.4. The molecule has 4 aromatic rings. The lowest BCUT2D eigenvalue weighted by Crippen LogP contribution is -2.35. The third-order valence-corrected chi connectivity index (χ3v) is 7.47. The van der Waals surface area contributed by atoms with E-state index >= 15 is 0 Å². The second-order valence-electron chi connectivity index (χ2n) is 9.93. The van der Waals surface area contributed by atoms with Gasteiger partial charge in [0.05, 0.1) is 11.7 Å². The molecule has 0 bridgehead atoms. The molecular formula is C26H27N7O2. The molecule has 3 N–H and O–H groups in total. The Morgan fingerprint density at radius 2 is 2.00 bits per heavy atom. The van der Waals surface area contributed by atoms with Gasteiger partial charge in [-0.2, -0.15) is 4.98 Å². The number of nitrogens with zero attached hydrogens (tertiary/aromatic N) is 5. The second-order valence-corrected chi connectivity index (χ2v) is 9.93. The van der Waals surface area contributed by atoms with Gasteiger partial charge >= 0.3 is 0 Å². The summed E-state index contributed by atoms with van der Waals surface area (Å²) in [6.45, 7) is 1.86. The smallest absolute Gasteiger partial charge is 0.278 e. The number of pyridine rings is 1. The number of nitrogens with one attached hydrogen (secondary N) is 2. The Kier molecular flexibility index (Phi) is 4.59. The Labute approximate surface area is 201 Å². The van der Waals surface area contributed by atoms with E-state index in [1.165, 1.54) is 11.1 Å². The van der Waals surface area contributed by atoms with Gasteiger partial charge in [-0.1, -0.05) is 12.1 Å². The highest BCUT2D eigenvalue weighted by molar-refractivity contribution is 5.77. The average Bonchev–Trinajstić information content (AvgIpc) is 3.66. The molecule has 3 aliphatic rings. The van der Waals surface area contributed by atoms with Crippen LogP contribution in [0.5, 0.6) is 0 Å². The largest absolute Gasteiger partial charge is 0.384 e. The van der Waals surface area contributed by atoms with Crippen LogP contribution in [0, 0.1) is 0 Å². The van der Waals surface area contributed by atoms with Gasteiger partial charge in [0.25, 0.3) is 5.56 Å². The first-order valence-electron chi connectivity index (χ1n) is 12.4. The molecule has 2 saturated carbocycles. The molecule has 7 rings (SSSR count). The summed E-state index contributed by atoms with van der Waals surface area (Å²) in [5.74, 6) is 1.02. The first-order chi connectivity index (χ1) is 17.1. The van der Waals surface area contributed by atoms with E-state index in [0.29, 0.717) is 41.3 Å². The zero-order valence-corrected chi connectivity index (χ0v) is 19.4. The Balaban J connectivity index is 1.33. The Bertz CT molecular complexity index is 1510. The van der Waals surface area contributed by atoms with Crippen LogP contribution < -0.4 is 16.2 Å². The summed E-state index contributed by atoms with van der Waals surface area (Å²) in [6.07, 6.45) is 6.89. The van der Waals surface area contributed by atoms with E-state index in [2.05, 4.69) is 27.8 Å². The van der Waals surface area contributed by atoms with Crippen molar-refractivity contribution < 1.29 is 5.11 Å². The van der Waals surface area contributed by atoms with Crippen LogP contribution in [0.15, 0.2) is 47.4 Å². The molecule has 4 heterocycles. The lowest BCUT2D eigenvalue weighted by molar-refractivity contribution is -0.0426. The van der Waals surface area contributed by atoms with Gasteiger partial charge in [0.15, 0.2) is 11.5 Å². The average molecular weight is 470 g/mol. The van der Waals surface area contributed by atoms with E-state index in [1.807, 2.05) is 28.9 Å². The van der Waals surface area contributed by atoms with Gasteiger partial charge in [-0.25, -0.2) is 19.3 Å². The first-order valence-corrected chi connectivity index (χ1v) is 12.4. The van der Waals surface area contributed by atoms with Gasteiger partial charge in [-0.05, 0) is 80.5 Å². The second kappa shape index (κ2) is 7.73. The number of anilines is 2. The molecule has 0 unspecified atom stereocenters. The van der Waals surface area contributed by atoms with E-state index in [4.69, 9.17) is 9.97 Å². The Morgan fingerprint density at radius 3 is 2.80 bits per heavy atom. The zero-order valence-electron chi connectivity index (χ0n) is 19.4. The van der Waals surface area contributed by atoms with Crippen molar-refractivity contribution in [3.05, 3.63) is 69.8 Å². The van der Waals surface area contributed by atoms with Crippen molar-refractivity contribution in [2.24, 2.45) is 0 Å². The Morgan fingerprint density at radius 1 is 1.11 bits per heavy atom. The molecule has 9 heteroatoms. The van der Waals surface area contributed by atoms with Crippen molar-refractivity contribution in [2.75, 3.05) is 11.9 Å². The molecule has 0 radical (unpaired) electrons. The van der Waals surface area contributed by atoms with E-state index in [9.17, 15) is 9.90 Å². The highest BCUT2D eigenvalue weighted by Gasteiger charge is 2.38. The van der Waals surface area contributed by atoms with Crippen LogP contribution in [0.2, 0.25) is 0 Å². The van der Waals surface area contributed by atoms with E-state index in [-0.39, 0.29) is 11.6 Å². The molecule has 2 aliphatic carbocycles. The number of fused-ring (bicyclic) bond motifs is 2. The normalized spacial score (nSPS) is 18.8. The predicted octanol–water partition coefficient (Wildman–Crippen LogP) is 3.07. The SMILES string of the molecule is O=c1c2cnc(Nc3ccc4c(c3)CCNC4)nc2n(-c2cccc(C3(O)CCC3)n2)n1C1CC1. The van der Waals surface area contributed by atoms with Gasteiger partial charge in [0.1, 0.15) is 11.0 Å². The van der Waals surface area contributed by atoms with Crippen LogP contribution in [0.25, 0.3) is 16.9 Å². The maximum Gasteiger partial charge on any atom is 0.278 e.